The fourth-order valence-electron chi connectivity index (χ4n) is 22.1. The van der Waals surface area contributed by atoms with E-state index in [9.17, 15) is 0 Å². The summed E-state index contributed by atoms with van der Waals surface area (Å²) in [5, 5.41) is 24.1. The summed E-state index contributed by atoms with van der Waals surface area (Å²) in [5.74, 6) is 1.33. The zero-order valence-electron chi connectivity index (χ0n) is 73.4. The van der Waals surface area contributed by atoms with E-state index in [2.05, 4.69) is 464 Å². The van der Waals surface area contributed by atoms with Gasteiger partial charge in [0.1, 0.15) is 5.58 Å². The molecule has 0 radical (unpaired) electrons. The van der Waals surface area contributed by atoms with Crippen LogP contribution in [0.4, 0.5) is 0 Å². The summed E-state index contributed by atoms with van der Waals surface area (Å²) >= 11 is 3.70. The monoisotopic (exact) mass is 1780 g/mol. The summed E-state index contributed by atoms with van der Waals surface area (Å²) in [4.78, 5) is 21.3. The number of nitrogens with zero attached hydrogens (tertiary/aromatic N) is 10. The molecule has 11 heterocycles. The summed E-state index contributed by atoms with van der Waals surface area (Å²) in [6.07, 6.45) is 0. The van der Waals surface area contributed by atoms with Crippen molar-refractivity contribution in [3.05, 3.63) is 449 Å². The lowest BCUT2D eigenvalue weighted by Gasteiger charge is -2.13. The van der Waals surface area contributed by atoms with Crippen LogP contribution in [0.5, 0.6) is 0 Å². The van der Waals surface area contributed by atoms with Crippen LogP contribution in [-0.4, -0.2) is 47.3 Å². The molecular formula is C124H74N10OS2. The van der Waals surface area contributed by atoms with Gasteiger partial charge < -0.3 is 22.7 Å². The highest BCUT2D eigenvalue weighted by Crippen LogP contribution is 2.51. The molecule has 0 spiro atoms. The Hall–Kier alpha value is -17.9. The molecule has 11 nitrogen and oxygen atoms in total. The van der Waals surface area contributed by atoms with Crippen LogP contribution in [0.1, 0.15) is 0 Å². The first kappa shape index (κ1) is 76.8. The molecular weight excluding hydrogens is 1710 g/mol. The number of para-hydroxylation sites is 10. The third kappa shape index (κ3) is 11.7. The fraction of sp³-hybridized carbons (Fsp3) is 0. The molecule has 0 amide bonds. The molecule has 0 atom stereocenters. The zero-order chi connectivity index (χ0) is 89.6. The van der Waals surface area contributed by atoms with Crippen LogP contribution in [0.15, 0.2) is 453 Å². The molecule has 0 aliphatic carbocycles. The fourth-order valence-corrected chi connectivity index (χ4v) is 24.3. The van der Waals surface area contributed by atoms with Crippen LogP contribution in [-0.2, 0) is 0 Å². The molecule has 11 aromatic heterocycles. The molecule has 20 aromatic carbocycles. The molecule has 0 fully saturated rings. The number of rotatable bonds is 8. The number of benzene rings is 20. The maximum atomic E-state index is 6.57. The molecule has 638 valence electrons. The van der Waals surface area contributed by atoms with E-state index in [1.807, 2.05) is 34.8 Å². The van der Waals surface area contributed by atoms with Gasteiger partial charge in [-0.2, -0.15) is 0 Å². The van der Waals surface area contributed by atoms with E-state index >= 15 is 0 Å². The van der Waals surface area contributed by atoms with Crippen molar-refractivity contribution < 1.29 is 4.42 Å². The highest BCUT2D eigenvalue weighted by molar-refractivity contribution is 7.26. The first-order chi connectivity index (χ1) is 68.0. The quantitative estimate of drug-likeness (QED) is 0.151. The van der Waals surface area contributed by atoms with Gasteiger partial charge in [0.25, 0.3) is 0 Å². The van der Waals surface area contributed by atoms with E-state index in [0.717, 1.165) is 133 Å². The Morgan fingerprint density at radius 2 is 0.489 bits per heavy atom. The predicted octanol–water partition coefficient (Wildman–Crippen LogP) is 33.5. The Kier molecular flexibility index (Phi) is 17.0. The Morgan fingerprint density at radius 3 is 0.949 bits per heavy atom. The van der Waals surface area contributed by atoms with Gasteiger partial charge >= 0.3 is 0 Å². The first-order valence-corrected chi connectivity index (χ1v) is 48.0. The van der Waals surface area contributed by atoms with Crippen LogP contribution < -0.4 is 0 Å². The largest absolute Gasteiger partial charge is 0.454 e. The number of fused-ring (bicyclic) bond motifs is 32. The molecule has 31 aromatic rings. The average molecular weight is 1780 g/mol. The molecule has 137 heavy (non-hydrogen) atoms. The molecule has 0 aliphatic rings. The Balaban J connectivity index is 0.000000100. The number of hydrogen-bond donors (Lipinski definition) is 0. The summed E-state index contributed by atoms with van der Waals surface area (Å²) < 4.78 is 25.9. The molecule has 0 saturated heterocycles. The Morgan fingerprint density at radius 1 is 0.182 bits per heavy atom. The van der Waals surface area contributed by atoms with Crippen molar-refractivity contribution in [1.82, 2.24) is 47.3 Å². The molecule has 0 aliphatic heterocycles. The molecule has 0 bridgehead atoms. The van der Waals surface area contributed by atoms with Crippen LogP contribution in [0, 0.1) is 0 Å². The van der Waals surface area contributed by atoms with Crippen LogP contribution >= 0.6 is 22.7 Å². The van der Waals surface area contributed by atoms with E-state index in [0.29, 0.717) is 11.9 Å². The van der Waals surface area contributed by atoms with Gasteiger partial charge in [-0.05, 0) is 152 Å². The molecule has 0 saturated carbocycles. The van der Waals surface area contributed by atoms with Crippen LogP contribution in [0.3, 0.4) is 0 Å². The van der Waals surface area contributed by atoms with E-state index in [1.165, 1.54) is 127 Å². The normalized spacial score (nSPS) is 12.1. The molecule has 0 N–H and O–H groups in total. The van der Waals surface area contributed by atoms with Crippen molar-refractivity contribution in [2.75, 3.05) is 0 Å². The second-order valence-corrected chi connectivity index (χ2v) is 37.5. The summed E-state index contributed by atoms with van der Waals surface area (Å²) in [6.45, 7) is 0. The molecule has 13 heteroatoms. The number of aromatic nitrogens is 10. The van der Waals surface area contributed by atoms with Gasteiger partial charge in [-0.1, -0.05) is 297 Å². The highest BCUT2D eigenvalue weighted by Gasteiger charge is 2.29. The van der Waals surface area contributed by atoms with Gasteiger partial charge in [-0.25, -0.2) is 19.9 Å². The van der Waals surface area contributed by atoms with Crippen molar-refractivity contribution >= 4 is 238 Å². The maximum Gasteiger partial charge on any atom is 0.235 e. The highest BCUT2D eigenvalue weighted by atomic mass is 32.1. The van der Waals surface area contributed by atoms with Gasteiger partial charge in [-0.15, -0.1) is 22.7 Å². The average Bonchev–Trinajstić information content (AvgIpc) is 1.55. The lowest BCUT2D eigenvalue weighted by molar-refractivity contribution is 0.671. The van der Waals surface area contributed by atoms with Crippen molar-refractivity contribution in [1.29, 1.82) is 0 Å². The summed E-state index contributed by atoms with van der Waals surface area (Å²) in [6, 6.07) is 160. The van der Waals surface area contributed by atoms with Gasteiger partial charge in [0.15, 0.2) is 5.58 Å². The predicted molar refractivity (Wildman–Crippen MR) is 575 cm³/mol. The van der Waals surface area contributed by atoms with E-state index < -0.39 is 0 Å². The Bertz CT molecular complexity index is 10400. The number of thiophene rings is 2. The molecule has 0 unspecified atom stereocenters. The van der Waals surface area contributed by atoms with Crippen LogP contribution in [0.25, 0.3) is 272 Å². The first-order valence-electron chi connectivity index (χ1n) is 46.3. The standard InChI is InChI=1S/2C44H26N4S.C36H22N2O/c1-3-13-27(14-4-1)42-31-18-7-10-20-35(31)45-44(46-42)48-36-21-11-8-17-29(36)33-25-34-30-23-24-40-41(32-19-9-12-22-39(32)49-40)43(30)47(37(34)26-38(33)48)28-15-5-2-6-16-28;1-3-13-27(14-4-1)42-31-18-7-10-20-35(31)45-44(46-42)48-38-26-37-33(29-17-8-11-21-36(29)47(37)28-15-5-2-6-16-28)25-34(38)30-23-24-40-41(43(30)48)32-19-9-12-22-39(32)49-40;1-3-11-23(12-4-1)37-31-17-9-7-15-25(31)29-21-30-27-19-20-28-26-16-8-10-18-34(26)39-36(28)35(27)38(33(30)22-32(29)37)24-13-5-2-6-14-24/h2*1-26H;1-22H. The maximum absolute atomic E-state index is 6.57. The van der Waals surface area contributed by atoms with Crippen molar-refractivity contribution in [3.8, 4) is 57.2 Å². The minimum absolute atomic E-state index is 0.664. The lowest BCUT2D eigenvalue weighted by Crippen LogP contribution is -2.04. The van der Waals surface area contributed by atoms with Gasteiger partial charge in [-0.3, -0.25) is 9.13 Å². The second kappa shape index (κ2) is 30.3. The molecule has 31 rings (SSSR count). The number of furan rings is 1. The zero-order valence-corrected chi connectivity index (χ0v) is 75.1. The van der Waals surface area contributed by atoms with E-state index in [1.54, 1.807) is 0 Å². The van der Waals surface area contributed by atoms with E-state index in [-0.39, 0.29) is 0 Å². The third-order valence-corrected chi connectivity index (χ3v) is 30.2. The van der Waals surface area contributed by atoms with Gasteiger partial charge in [0.2, 0.25) is 11.9 Å². The van der Waals surface area contributed by atoms with Crippen molar-refractivity contribution in [3.63, 3.8) is 0 Å². The summed E-state index contributed by atoms with van der Waals surface area (Å²) in [5.41, 5.74) is 26.0. The van der Waals surface area contributed by atoms with E-state index in [4.69, 9.17) is 24.4 Å². The van der Waals surface area contributed by atoms with Gasteiger partial charge in [0, 0.05) is 160 Å². The summed E-state index contributed by atoms with van der Waals surface area (Å²) in [7, 11) is 0. The topological polar surface area (TPSA) is 94.3 Å². The number of hydrogen-bond acceptors (Lipinski definition) is 7. The van der Waals surface area contributed by atoms with Crippen LogP contribution in [0.2, 0.25) is 0 Å². The smallest absolute Gasteiger partial charge is 0.235 e. The SMILES string of the molecule is c1ccc(-c2nc(-n3c4cc5c(cc4c4ccc6sc7ccccc7c6c43)c3ccccc3n5-c3ccccc3)nc3ccccc23)cc1.c1ccc(-c2nc(-n3c4ccccc4c4cc5c6ccc7sc8ccccc8c7c6n(-c6ccccc6)c5cc43)nc3ccccc23)cc1.c1ccc(-n2c3ccccc3c3cc4c5ccc6c7ccccc7oc6c5n(-c5ccccc5)c4cc32)cc1. The van der Waals surface area contributed by atoms with Gasteiger partial charge in [0.05, 0.1) is 88.6 Å². The van der Waals surface area contributed by atoms with Crippen molar-refractivity contribution in [2.24, 2.45) is 0 Å². The minimum Gasteiger partial charge on any atom is -0.454 e. The Labute approximate surface area is 789 Å². The van der Waals surface area contributed by atoms with Crippen molar-refractivity contribution in [2.45, 2.75) is 0 Å². The minimum atomic E-state index is 0.664. The third-order valence-electron chi connectivity index (χ3n) is 27.9. The second-order valence-electron chi connectivity index (χ2n) is 35.4. The lowest BCUT2D eigenvalue weighted by atomic mass is 10.1.